The van der Waals surface area contributed by atoms with Gasteiger partial charge in [-0.25, -0.2) is 0 Å². The summed E-state index contributed by atoms with van der Waals surface area (Å²) in [4.78, 5) is 27.5. The second-order valence-electron chi connectivity index (χ2n) is 4.81. The van der Waals surface area contributed by atoms with Crippen molar-refractivity contribution in [1.29, 1.82) is 0 Å². The predicted molar refractivity (Wildman–Crippen MR) is 81.4 cm³/mol. The van der Waals surface area contributed by atoms with Gasteiger partial charge in [0.15, 0.2) is 0 Å². The fourth-order valence-electron chi connectivity index (χ4n) is 2.34. The zero-order valence-corrected chi connectivity index (χ0v) is 12.4. The maximum atomic E-state index is 12.3. The van der Waals surface area contributed by atoms with Crippen LogP contribution in [-0.4, -0.2) is 43.5 Å². The first-order valence-corrected chi connectivity index (χ1v) is 6.99. The Morgan fingerprint density at radius 3 is 2.76 bits per heavy atom. The number of carbonyl (C=O) groups is 2. The van der Waals surface area contributed by atoms with Gasteiger partial charge in [0.2, 0.25) is 11.8 Å². The number of benzene rings is 1. The molecule has 5 heteroatoms. The van der Waals surface area contributed by atoms with Crippen LogP contribution in [0.25, 0.3) is 0 Å². The predicted octanol–water partition coefficient (Wildman–Crippen LogP) is 1.84. The largest absolute Gasteiger partial charge is 0.495 e. The summed E-state index contributed by atoms with van der Waals surface area (Å²) in [5.74, 6) is 0.570. The minimum atomic E-state index is -0.0837. The van der Waals surface area contributed by atoms with Crippen LogP contribution in [0.15, 0.2) is 36.4 Å². The molecule has 0 bridgehead atoms. The smallest absolute Gasteiger partial charge is 0.246 e. The number of carbonyl (C=O) groups excluding carboxylic acids is 2. The topological polar surface area (TPSA) is 49.9 Å². The van der Waals surface area contributed by atoms with Gasteiger partial charge in [0.1, 0.15) is 12.3 Å². The van der Waals surface area contributed by atoms with E-state index >= 15 is 0 Å². The molecule has 0 unspecified atom stereocenters. The normalized spacial score (nSPS) is 15.6. The van der Waals surface area contributed by atoms with E-state index in [2.05, 4.69) is 0 Å². The van der Waals surface area contributed by atoms with Crippen LogP contribution in [0.3, 0.4) is 0 Å². The third-order valence-corrected chi connectivity index (χ3v) is 3.48. The molecule has 1 aromatic carbocycles. The standard InChI is InChI=1S/C16H20N2O3/c1-3-4-9-15(19)17-10-11-18(16(20)12-17)13-7-5-6-8-14(13)21-2/h3-8H,9-12H2,1-2H3. The lowest BCUT2D eigenvalue weighted by molar-refractivity contribution is -0.136. The van der Waals surface area contributed by atoms with Gasteiger partial charge in [0.25, 0.3) is 0 Å². The number of hydrogen-bond donors (Lipinski definition) is 0. The zero-order chi connectivity index (χ0) is 15.2. The molecule has 0 aromatic heterocycles. The van der Waals surface area contributed by atoms with E-state index in [0.29, 0.717) is 25.3 Å². The zero-order valence-electron chi connectivity index (χ0n) is 12.4. The molecule has 1 saturated heterocycles. The lowest BCUT2D eigenvalue weighted by Crippen LogP contribution is -2.52. The van der Waals surface area contributed by atoms with Crippen LogP contribution < -0.4 is 9.64 Å². The van der Waals surface area contributed by atoms with Crippen LogP contribution in [0, 0.1) is 0 Å². The Kier molecular flexibility index (Phi) is 4.98. The average molecular weight is 288 g/mol. The molecule has 112 valence electrons. The van der Waals surface area contributed by atoms with E-state index in [-0.39, 0.29) is 18.4 Å². The summed E-state index contributed by atoms with van der Waals surface area (Å²) in [6.07, 6.45) is 3.99. The first kappa shape index (κ1) is 15.1. The molecule has 1 heterocycles. The van der Waals surface area contributed by atoms with Crippen molar-refractivity contribution in [2.45, 2.75) is 13.3 Å². The summed E-state index contributed by atoms with van der Waals surface area (Å²) < 4.78 is 5.29. The molecule has 1 aliphatic rings. The Balaban J connectivity index is 2.08. The maximum Gasteiger partial charge on any atom is 0.246 e. The average Bonchev–Trinajstić information content (AvgIpc) is 2.52. The summed E-state index contributed by atoms with van der Waals surface area (Å²) in [5.41, 5.74) is 0.755. The van der Waals surface area contributed by atoms with E-state index in [9.17, 15) is 9.59 Å². The highest BCUT2D eigenvalue weighted by Gasteiger charge is 2.28. The minimum Gasteiger partial charge on any atom is -0.495 e. The Bertz CT molecular complexity index is 554. The summed E-state index contributed by atoms with van der Waals surface area (Å²) in [7, 11) is 1.58. The monoisotopic (exact) mass is 288 g/mol. The number of piperazine rings is 1. The van der Waals surface area contributed by atoms with Crippen LogP contribution in [-0.2, 0) is 9.59 Å². The highest BCUT2D eigenvalue weighted by Crippen LogP contribution is 2.28. The Morgan fingerprint density at radius 2 is 2.10 bits per heavy atom. The Labute approximate surface area is 124 Å². The van der Waals surface area contributed by atoms with Crippen molar-refractivity contribution < 1.29 is 14.3 Å². The SMILES string of the molecule is CC=CCC(=O)N1CCN(c2ccccc2OC)C(=O)C1. The fraction of sp³-hybridized carbons (Fsp3) is 0.375. The first-order chi connectivity index (χ1) is 10.2. The summed E-state index contributed by atoms with van der Waals surface area (Å²) in [6.45, 7) is 3.02. The lowest BCUT2D eigenvalue weighted by atomic mass is 10.2. The van der Waals surface area contributed by atoms with Gasteiger partial charge in [-0.1, -0.05) is 24.3 Å². The van der Waals surface area contributed by atoms with Crippen LogP contribution in [0.2, 0.25) is 0 Å². The number of methoxy groups -OCH3 is 1. The number of amides is 2. The molecule has 5 nitrogen and oxygen atoms in total. The molecule has 1 aromatic rings. The lowest BCUT2D eigenvalue weighted by Gasteiger charge is -2.34. The number of ether oxygens (including phenoxy) is 1. The van der Waals surface area contributed by atoms with E-state index in [0.717, 1.165) is 5.69 Å². The van der Waals surface area contributed by atoms with Gasteiger partial charge in [-0.15, -0.1) is 0 Å². The van der Waals surface area contributed by atoms with Crippen molar-refractivity contribution >= 4 is 17.5 Å². The van der Waals surface area contributed by atoms with Crippen molar-refractivity contribution in [3.8, 4) is 5.75 Å². The summed E-state index contributed by atoms with van der Waals surface area (Å²) in [6, 6.07) is 7.42. The highest BCUT2D eigenvalue weighted by molar-refractivity contribution is 5.99. The molecule has 2 rings (SSSR count). The van der Waals surface area contributed by atoms with Crippen molar-refractivity contribution in [2.24, 2.45) is 0 Å². The van der Waals surface area contributed by atoms with E-state index in [1.165, 1.54) is 0 Å². The molecular formula is C16H20N2O3. The molecule has 0 spiro atoms. The number of anilines is 1. The second-order valence-corrected chi connectivity index (χ2v) is 4.81. The second kappa shape index (κ2) is 6.92. The van der Waals surface area contributed by atoms with Gasteiger partial charge < -0.3 is 14.5 Å². The van der Waals surface area contributed by atoms with Crippen LogP contribution in [0.4, 0.5) is 5.69 Å². The van der Waals surface area contributed by atoms with Crippen LogP contribution in [0.5, 0.6) is 5.75 Å². The molecule has 0 radical (unpaired) electrons. The van der Waals surface area contributed by atoms with Crippen molar-refractivity contribution in [1.82, 2.24) is 4.90 Å². The molecule has 0 saturated carbocycles. The van der Waals surface area contributed by atoms with Gasteiger partial charge in [-0.2, -0.15) is 0 Å². The van der Waals surface area contributed by atoms with Gasteiger partial charge in [0, 0.05) is 19.5 Å². The Morgan fingerprint density at radius 1 is 1.33 bits per heavy atom. The maximum absolute atomic E-state index is 12.3. The number of para-hydroxylation sites is 2. The third-order valence-electron chi connectivity index (χ3n) is 3.48. The third kappa shape index (κ3) is 3.42. The quantitative estimate of drug-likeness (QED) is 0.794. The van der Waals surface area contributed by atoms with Crippen LogP contribution in [0.1, 0.15) is 13.3 Å². The van der Waals surface area contributed by atoms with Gasteiger partial charge in [0.05, 0.1) is 12.8 Å². The molecule has 0 aliphatic carbocycles. The summed E-state index contributed by atoms with van der Waals surface area (Å²) >= 11 is 0. The van der Waals surface area contributed by atoms with E-state index < -0.39 is 0 Å². The number of rotatable bonds is 4. The summed E-state index contributed by atoms with van der Waals surface area (Å²) in [5, 5.41) is 0. The first-order valence-electron chi connectivity index (χ1n) is 6.99. The van der Waals surface area contributed by atoms with Crippen molar-refractivity contribution in [2.75, 3.05) is 31.6 Å². The molecule has 1 fully saturated rings. The van der Waals surface area contributed by atoms with E-state index in [1.807, 2.05) is 37.3 Å². The Hall–Kier alpha value is -2.30. The minimum absolute atomic E-state index is 0.0128. The van der Waals surface area contributed by atoms with E-state index in [1.54, 1.807) is 23.0 Å². The van der Waals surface area contributed by atoms with Crippen molar-refractivity contribution in [3.63, 3.8) is 0 Å². The number of allylic oxidation sites excluding steroid dienone is 1. The van der Waals surface area contributed by atoms with Gasteiger partial charge in [-0.05, 0) is 19.1 Å². The molecule has 0 N–H and O–H groups in total. The molecule has 2 amide bonds. The number of hydrogen-bond acceptors (Lipinski definition) is 3. The molecule has 1 aliphatic heterocycles. The fourth-order valence-corrected chi connectivity index (χ4v) is 2.34. The van der Waals surface area contributed by atoms with Gasteiger partial charge in [-0.3, -0.25) is 9.59 Å². The highest BCUT2D eigenvalue weighted by atomic mass is 16.5. The molecule has 21 heavy (non-hydrogen) atoms. The van der Waals surface area contributed by atoms with Crippen LogP contribution >= 0.6 is 0 Å². The van der Waals surface area contributed by atoms with Gasteiger partial charge >= 0.3 is 0 Å². The number of nitrogens with zero attached hydrogens (tertiary/aromatic N) is 2. The van der Waals surface area contributed by atoms with Crippen molar-refractivity contribution in [3.05, 3.63) is 36.4 Å². The van der Waals surface area contributed by atoms with E-state index in [4.69, 9.17) is 4.74 Å². The molecule has 0 atom stereocenters. The molecular weight excluding hydrogens is 268 g/mol.